The predicted octanol–water partition coefficient (Wildman–Crippen LogP) is 2.92. The van der Waals surface area contributed by atoms with E-state index in [4.69, 9.17) is 11.6 Å². The van der Waals surface area contributed by atoms with E-state index in [0.29, 0.717) is 16.8 Å². The molecule has 0 aromatic heterocycles. The fourth-order valence-electron chi connectivity index (χ4n) is 1.29. The molecule has 0 aliphatic carbocycles. The summed E-state index contributed by atoms with van der Waals surface area (Å²) in [6.07, 6.45) is 2.93. The zero-order valence-corrected chi connectivity index (χ0v) is 11.4. The van der Waals surface area contributed by atoms with Crippen LogP contribution in [0, 0.1) is 0 Å². The van der Waals surface area contributed by atoms with Gasteiger partial charge in [-0.3, -0.25) is 4.79 Å². The van der Waals surface area contributed by atoms with Gasteiger partial charge in [0.25, 0.3) is 5.91 Å². The standard InChI is InChI=1S/C12H16ClNO2S/c1-8(17-2)5-6-14-12(16)10-7-9(13)3-4-11(10)15/h3-4,7-8,15H,5-6H2,1-2H3,(H,14,16). The van der Waals surface area contributed by atoms with Gasteiger partial charge in [-0.2, -0.15) is 11.8 Å². The molecular weight excluding hydrogens is 258 g/mol. The number of carbonyl (C=O) groups is 1. The third-order valence-corrected chi connectivity index (χ3v) is 3.72. The maximum Gasteiger partial charge on any atom is 0.255 e. The van der Waals surface area contributed by atoms with E-state index in [1.807, 2.05) is 6.26 Å². The van der Waals surface area contributed by atoms with Crippen molar-refractivity contribution in [2.75, 3.05) is 12.8 Å². The maximum absolute atomic E-state index is 11.8. The SMILES string of the molecule is CSC(C)CCNC(=O)c1cc(Cl)ccc1O. The molecule has 1 unspecified atom stereocenters. The molecule has 0 aliphatic rings. The lowest BCUT2D eigenvalue weighted by Crippen LogP contribution is -2.26. The molecule has 0 aliphatic heterocycles. The number of phenolic OH excluding ortho intramolecular Hbond substituents is 1. The van der Waals surface area contributed by atoms with Crippen LogP contribution in [0.2, 0.25) is 5.02 Å². The Morgan fingerprint density at radius 2 is 2.29 bits per heavy atom. The summed E-state index contributed by atoms with van der Waals surface area (Å²) in [6, 6.07) is 4.43. The van der Waals surface area contributed by atoms with Crippen molar-refractivity contribution >= 4 is 29.3 Å². The first-order valence-electron chi connectivity index (χ1n) is 5.34. The quantitative estimate of drug-likeness (QED) is 0.867. The van der Waals surface area contributed by atoms with E-state index in [9.17, 15) is 9.90 Å². The van der Waals surface area contributed by atoms with Crippen molar-refractivity contribution in [1.82, 2.24) is 5.32 Å². The summed E-state index contributed by atoms with van der Waals surface area (Å²) >= 11 is 7.53. The van der Waals surface area contributed by atoms with Gasteiger partial charge in [0, 0.05) is 16.8 Å². The highest BCUT2D eigenvalue weighted by Gasteiger charge is 2.11. The number of rotatable bonds is 5. The second-order valence-electron chi connectivity index (χ2n) is 3.75. The van der Waals surface area contributed by atoms with Crippen LogP contribution in [0.1, 0.15) is 23.7 Å². The largest absolute Gasteiger partial charge is 0.507 e. The number of nitrogens with one attached hydrogen (secondary N) is 1. The van der Waals surface area contributed by atoms with E-state index in [1.54, 1.807) is 17.8 Å². The van der Waals surface area contributed by atoms with Crippen LogP contribution < -0.4 is 5.32 Å². The summed E-state index contributed by atoms with van der Waals surface area (Å²) in [6.45, 7) is 2.69. The molecule has 5 heteroatoms. The highest BCUT2D eigenvalue weighted by molar-refractivity contribution is 7.99. The molecule has 1 aromatic carbocycles. The Balaban J connectivity index is 2.55. The molecule has 1 aromatic rings. The highest BCUT2D eigenvalue weighted by Crippen LogP contribution is 2.21. The summed E-state index contributed by atoms with van der Waals surface area (Å²) < 4.78 is 0. The van der Waals surface area contributed by atoms with Crippen LogP contribution in [0.3, 0.4) is 0 Å². The van der Waals surface area contributed by atoms with Crippen LogP contribution in [0.15, 0.2) is 18.2 Å². The molecule has 0 bridgehead atoms. The second kappa shape index (κ2) is 6.77. The van der Waals surface area contributed by atoms with Gasteiger partial charge >= 0.3 is 0 Å². The van der Waals surface area contributed by atoms with Gasteiger partial charge in [0.05, 0.1) is 5.56 Å². The summed E-state index contributed by atoms with van der Waals surface area (Å²) in [5, 5.41) is 13.2. The summed E-state index contributed by atoms with van der Waals surface area (Å²) in [5.74, 6) is -0.344. The first-order chi connectivity index (χ1) is 8.04. The van der Waals surface area contributed by atoms with E-state index < -0.39 is 0 Å². The molecule has 0 fully saturated rings. The van der Waals surface area contributed by atoms with Gasteiger partial charge in [0.1, 0.15) is 5.75 Å². The van der Waals surface area contributed by atoms with Gasteiger partial charge in [-0.1, -0.05) is 18.5 Å². The molecule has 1 amide bonds. The monoisotopic (exact) mass is 273 g/mol. The number of halogens is 1. The Labute approximate surface area is 111 Å². The lowest BCUT2D eigenvalue weighted by Gasteiger charge is -2.10. The molecule has 0 saturated heterocycles. The molecule has 0 saturated carbocycles. The Morgan fingerprint density at radius 3 is 2.94 bits per heavy atom. The van der Waals surface area contributed by atoms with Crippen molar-refractivity contribution in [2.24, 2.45) is 0 Å². The average molecular weight is 274 g/mol. The Hall–Kier alpha value is -0.870. The fraction of sp³-hybridized carbons (Fsp3) is 0.417. The van der Waals surface area contributed by atoms with Gasteiger partial charge in [0.2, 0.25) is 0 Å². The number of benzene rings is 1. The highest BCUT2D eigenvalue weighted by atomic mass is 35.5. The number of carbonyl (C=O) groups excluding carboxylic acids is 1. The molecule has 2 N–H and O–H groups in total. The minimum absolute atomic E-state index is 0.0511. The first-order valence-corrected chi connectivity index (χ1v) is 7.00. The molecular formula is C12H16ClNO2S. The Kier molecular flexibility index (Phi) is 5.65. The van der Waals surface area contributed by atoms with Crippen LogP contribution in [-0.4, -0.2) is 29.1 Å². The minimum atomic E-state index is -0.293. The van der Waals surface area contributed by atoms with E-state index in [2.05, 4.69) is 12.2 Å². The van der Waals surface area contributed by atoms with Crippen molar-refractivity contribution in [3.8, 4) is 5.75 Å². The van der Waals surface area contributed by atoms with Crippen molar-refractivity contribution in [3.05, 3.63) is 28.8 Å². The smallest absolute Gasteiger partial charge is 0.255 e. The molecule has 1 atom stereocenters. The van der Waals surface area contributed by atoms with Crippen molar-refractivity contribution in [3.63, 3.8) is 0 Å². The second-order valence-corrected chi connectivity index (χ2v) is 5.46. The van der Waals surface area contributed by atoms with Gasteiger partial charge in [-0.05, 0) is 30.9 Å². The zero-order valence-electron chi connectivity index (χ0n) is 9.87. The Morgan fingerprint density at radius 1 is 1.59 bits per heavy atom. The molecule has 1 rings (SSSR count). The number of amides is 1. The normalized spacial score (nSPS) is 12.2. The lowest BCUT2D eigenvalue weighted by atomic mass is 10.2. The number of phenols is 1. The average Bonchev–Trinajstić information content (AvgIpc) is 2.31. The number of hydrogen-bond acceptors (Lipinski definition) is 3. The fourth-order valence-corrected chi connectivity index (χ4v) is 1.82. The van der Waals surface area contributed by atoms with Gasteiger partial charge in [-0.15, -0.1) is 0 Å². The molecule has 0 heterocycles. The predicted molar refractivity (Wildman–Crippen MR) is 73.0 cm³/mol. The summed E-state index contributed by atoms with van der Waals surface area (Å²) in [4.78, 5) is 11.8. The molecule has 3 nitrogen and oxygen atoms in total. The van der Waals surface area contributed by atoms with E-state index in [-0.39, 0.29) is 17.2 Å². The first kappa shape index (κ1) is 14.2. The van der Waals surface area contributed by atoms with Crippen LogP contribution >= 0.6 is 23.4 Å². The Bertz CT molecular complexity index is 398. The van der Waals surface area contributed by atoms with Crippen molar-refractivity contribution in [2.45, 2.75) is 18.6 Å². The van der Waals surface area contributed by atoms with E-state index in [1.165, 1.54) is 12.1 Å². The molecule has 17 heavy (non-hydrogen) atoms. The number of thioether (sulfide) groups is 1. The van der Waals surface area contributed by atoms with Crippen LogP contribution in [0.4, 0.5) is 0 Å². The molecule has 0 radical (unpaired) electrons. The minimum Gasteiger partial charge on any atom is -0.507 e. The van der Waals surface area contributed by atoms with Crippen LogP contribution in [-0.2, 0) is 0 Å². The van der Waals surface area contributed by atoms with Crippen LogP contribution in [0.25, 0.3) is 0 Å². The summed E-state index contributed by atoms with van der Waals surface area (Å²) in [5.41, 5.74) is 0.217. The molecule has 94 valence electrons. The number of hydrogen-bond donors (Lipinski definition) is 2. The third kappa shape index (κ3) is 4.48. The maximum atomic E-state index is 11.8. The van der Waals surface area contributed by atoms with Gasteiger partial charge in [-0.25, -0.2) is 0 Å². The van der Waals surface area contributed by atoms with Crippen molar-refractivity contribution in [1.29, 1.82) is 0 Å². The van der Waals surface area contributed by atoms with Gasteiger partial charge in [0.15, 0.2) is 0 Å². The summed E-state index contributed by atoms with van der Waals surface area (Å²) in [7, 11) is 0. The lowest BCUT2D eigenvalue weighted by molar-refractivity contribution is 0.0950. The van der Waals surface area contributed by atoms with Crippen molar-refractivity contribution < 1.29 is 9.90 Å². The molecule has 0 spiro atoms. The topological polar surface area (TPSA) is 49.3 Å². The van der Waals surface area contributed by atoms with Crippen LogP contribution in [0.5, 0.6) is 5.75 Å². The van der Waals surface area contributed by atoms with E-state index >= 15 is 0 Å². The van der Waals surface area contributed by atoms with E-state index in [0.717, 1.165) is 6.42 Å². The third-order valence-electron chi connectivity index (χ3n) is 2.44. The number of aromatic hydroxyl groups is 1. The van der Waals surface area contributed by atoms with Gasteiger partial charge < -0.3 is 10.4 Å². The zero-order chi connectivity index (χ0) is 12.8.